The molecule has 2 amide bonds. The number of ether oxygens (including phenoxy) is 1. The molecule has 7 nitrogen and oxygen atoms in total. The number of hydrogen-bond donors (Lipinski definition) is 1. The van der Waals surface area contributed by atoms with Crippen LogP contribution in [-0.4, -0.2) is 56.5 Å². The fraction of sp³-hybridized carbons (Fsp3) is 0.318. The highest BCUT2D eigenvalue weighted by Crippen LogP contribution is 2.14. The van der Waals surface area contributed by atoms with Crippen LogP contribution in [-0.2, 0) is 14.3 Å². The van der Waals surface area contributed by atoms with Crippen LogP contribution in [0.2, 0.25) is 0 Å². The van der Waals surface area contributed by atoms with E-state index in [1.165, 1.54) is 18.9 Å². The van der Waals surface area contributed by atoms with Crippen molar-refractivity contribution in [3.63, 3.8) is 0 Å². The number of benzene rings is 2. The van der Waals surface area contributed by atoms with Gasteiger partial charge in [-0.3, -0.25) is 9.59 Å². The first-order valence-corrected chi connectivity index (χ1v) is 9.27. The van der Waals surface area contributed by atoms with Crippen LogP contribution in [0.3, 0.4) is 0 Å². The molecule has 0 spiro atoms. The normalized spacial score (nSPS) is 11.3. The van der Waals surface area contributed by atoms with Gasteiger partial charge < -0.3 is 19.9 Å². The summed E-state index contributed by atoms with van der Waals surface area (Å²) >= 11 is 0. The van der Waals surface area contributed by atoms with Crippen LogP contribution in [0.15, 0.2) is 48.5 Å². The molecule has 2 aromatic carbocycles. The van der Waals surface area contributed by atoms with Crippen LogP contribution in [0.5, 0.6) is 0 Å². The van der Waals surface area contributed by atoms with Crippen molar-refractivity contribution in [1.82, 2.24) is 4.90 Å². The molecule has 0 aromatic heterocycles. The molecule has 29 heavy (non-hydrogen) atoms. The van der Waals surface area contributed by atoms with Gasteiger partial charge in [-0.2, -0.15) is 0 Å². The van der Waals surface area contributed by atoms with E-state index in [1.807, 2.05) is 38.1 Å². The zero-order chi connectivity index (χ0) is 21.6. The van der Waals surface area contributed by atoms with Crippen LogP contribution < -0.4 is 10.2 Å². The first-order chi connectivity index (χ1) is 13.7. The Morgan fingerprint density at radius 2 is 1.55 bits per heavy atom. The van der Waals surface area contributed by atoms with Gasteiger partial charge in [0, 0.05) is 32.5 Å². The fourth-order valence-electron chi connectivity index (χ4n) is 2.62. The SMILES string of the molecule is Cc1ccc(NC(=O)CN(C)C(=O)[C@@H](C)OC(=O)c2ccc(N(C)C)cc2)cc1. The number of carbonyl (C=O) groups is 3. The van der Waals surface area contributed by atoms with E-state index in [9.17, 15) is 14.4 Å². The number of hydrogen-bond acceptors (Lipinski definition) is 5. The first-order valence-electron chi connectivity index (χ1n) is 9.27. The van der Waals surface area contributed by atoms with Gasteiger partial charge in [-0.25, -0.2) is 4.79 Å². The number of anilines is 2. The second kappa shape index (κ2) is 9.73. The van der Waals surface area contributed by atoms with E-state index in [-0.39, 0.29) is 12.5 Å². The highest BCUT2D eigenvalue weighted by atomic mass is 16.5. The third-order valence-electron chi connectivity index (χ3n) is 4.34. The molecule has 2 rings (SSSR count). The standard InChI is InChI=1S/C22H27N3O4/c1-15-6-10-18(11-7-15)23-20(26)14-25(5)21(27)16(2)29-22(28)17-8-12-19(13-9-17)24(3)4/h6-13,16H,14H2,1-5H3,(H,23,26)/t16-/m1/s1. The van der Waals surface area contributed by atoms with E-state index >= 15 is 0 Å². The van der Waals surface area contributed by atoms with E-state index < -0.39 is 18.0 Å². The third kappa shape index (κ3) is 6.34. The van der Waals surface area contributed by atoms with Gasteiger partial charge in [0.15, 0.2) is 6.10 Å². The topological polar surface area (TPSA) is 79.0 Å². The van der Waals surface area contributed by atoms with E-state index in [1.54, 1.807) is 36.4 Å². The molecule has 0 unspecified atom stereocenters. The van der Waals surface area contributed by atoms with E-state index in [4.69, 9.17) is 4.74 Å². The summed E-state index contributed by atoms with van der Waals surface area (Å²) in [5, 5.41) is 2.73. The first kappa shape index (κ1) is 21.9. The number of nitrogens with zero attached hydrogens (tertiary/aromatic N) is 2. The van der Waals surface area contributed by atoms with Crippen molar-refractivity contribution < 1.29 is 19.1 Å². The summed E-state index contributed by atoms with van der Waals surface area (Å²) in [5.41, 5.74) is 3.05. The molecular weight excluding hydrogens is 370 g/mol. The Kier molecular flexibility index (Phi) is 7.36. The lowest BCUT2D eigenvalue weighted by molar-refractivity contribution is -0.140. The predicted molar refractivity (Wildman–Crippen MR) is 113 cm³/mol. The summed E-state index contributed by atoms with van der Waals surface area (Å²) in [7, 11) is 5.30. The van der Waals surface area contributed by atoms with Crippen molar-refractivity contribution in [1.29, 1.82) is 0 Å². The number of nitrogens with one attached hydrogen (secondary N) is 1. The molecule has 0 bridgehead atoms. The molecule has 0 fully saturated rings. The van der Waals surface area contributed by atoms with E-state index in [0.717, 1.165) is 11.3 Å². The van der Waals surface area contributed by atoms with Gasteiger partial charge in [0.1, 0.15) is 0 Å². The zero-order valence-corrected chi connectivity index (χ0v) is 17.4. The van der Waals surface area contributed by atoms with Crippen LogP contribution in [0.25, 0.3) is 0 Å². The monoisotopic (exact) mass is 397 g/mol. The molecule has 0 heterocycles. The Morgan fingerprint density at radius 1 is 0.966 bits per heavy atom. The molecule has 0 saturated heterocycles. The minimum Gasteiger partial charge on any atom is -0.449 e. The Balaban J connectivity index is 1.88. The summed E-state index contributed by atoms with van der Waals surface area (Å²) in [6, 6.07) is 14.2. The lowest BCUT2D eigenvalue weighted by Crippen LogP contribution is -2.41. The van der Waals surface area contributed by atoms with Gasteiger partial charge in [-0.05, 0) is 50.2 Å². The third-order valence-corrected chi connectivity index (χ3v) is 4.34. The van der Waals surface area contributed by atoms with Crippen LogP contribution in [0, 0.1) is 6.92 Å². The maximum absolute atomic E-state index is 12.4. The van der Waals surface area contributed by atoms with Crippen LogP contribution >= 0.6 is 0 Å². The van der Waals surface area contributed by atoms with Crippen molar-refractivity contribution in [3.8, 4) is 0 Å². The van der Waals surface area contributed by atoms with Crippen molar-refractivity contribution in [2.75, 3.05) is 37.9 Å². The number of likely N-dealkylation sites (N-methyl/N-ethyl adjacent to an activating group) is 1. The van der Waals surface area contributed by atoms with Crippen molar-refractivity contribution in [2.45, 2.75) is 20.0 Å². The largest absolute Gasteiger partial charge is 0.449 e. The highest BCUT2D eigenvalue weighted by molar-refractivity contribution is 5.96. The molecule has 1 atom stereocenters. The molecular formula is C22H27N3O4. The summed E-state index contributed by atoms with van der Waals surface area (Å²) in [6.45, 7) is 3.30. The Labute approximate surface area is 171 Å². The van der Waals surface area contributed by atoms with Crippen molar-refractivity contribution in [2.24, 2.45) is 0 Å². The number of esters is 1. The quantitative estimate of drug-likeness (QED) is 0.727. The van der Waals surface area contributed by atoms with Gasteiger partial charge >= 0.3 is 5.97 Å². The minimum atomic E-state index is -1.01. The summed E-state index contributed by atoms with van der Waals surface area (Å²) < 4.78 is 5.26. The predicted octanol–water partition coefficient (Wildman–Crippen LogP) is 2.70. The number of rotatable bonds is 7. The lowest BCUT2D eigenvalue weighted by Gasteiger charge is -2.21. The Morgan fingerprint density at radius 3 is 2.10 bits per heavy atom. The molecule has 7 heteroatoms. The number of carbonyl (C=O) groups excluding carboxylic acids is 3. The second-order valence-electron chi connectivity index (χ2n) is 7.10. The summed E-state index contributed by atoms with van der Waals surface area (Å²) in [6.07, 6.45) is -1.01. The zero-order valence-electron chi connectivity index (χ0n) is 17.4. The Hall–Kier alpha value is -3.35. The van der Waals surface area contributed by atoms with Gasteiger partial charge in [-0.1, -0.05) is 17.7 Å². The molecule has 1 N–H and O–H groups in total. The molecule has 0 aliphatic rings. The Bertz CT molecular complexity index is 861. The average Bonchev–Trinajstić information content (AvgIpc) is 2.68. The van der Waals surface area contributed by atoms with Crippen LogP contribution in [0.1, 0.15) is 22.8 Å². The number of amides is 2. The van der Waals surface area contributed by atoms with E-state index in [0.29, 0.717) is 11.3 Å². The lowest BCUT2D eigenvalue weighted by atomic mass is 10.2. The van der Waals surface area contributed by atoms with Gasteiger partial charge in [0.25, 0.3) is 5.91 Å². The molecule has 0 radical (unpaired) electrons. The van der Waals surface area contributed by atoms with Crippen LogP contribution in [0.4, 0.5) is 11.4 Å². The number of aryl methyl sites for hydroxylation is 1. The summed E-state index contributed by atoms with van der Waals surface area (Å²) in [4.78, 5) is 40.0. The molecule has 154 valence electrons. The van der Waals surface area contributed by atoms with Gasteiger partial charge in [0.2, 0.25) is 5.91 Å². The molecule has 2 aromatic rings. The summed E-state index contributed by atoms with van der Waals surface area (Å²) in [5.74, 6) is -1.38. The van der Waals surface area contributed by atoms with Gasteiger partial charge in [-0.15, -0.1) is 0 Å². The second-order valence-corrected chi connectivity index (χ2v) is 7.10. The van der Waals surface area contributed by atoms with E-state index in [2.05, 4.69) is 5.32 Å². The smallest absolute Gasteiger partial charge is 0.338 e. The van der Waals surface area contributed by atoms with Gasteiger partial charge in [0.05, 0.1) is 12.1 Å². The highest BCUT2D eigenvalue weighted by Gasteiger charge is 2.23. The van der Waals surface area contributed by atoms with Crippen molar-refractivity contribution >= 4 is 29.2 Å². The van der Waals surface area contributed by atoms with Crippen molar-refractivity contribution in [3.05, 3.63) is 59.7 Å². The molecule has 0 aliphatic heterocycles. The molecule has 0 saturated carbocycles. The maximum atomic E-state index is 12.4. The molecule has 0 aliphatic carbocycles. The average molecular weight is 397 g/mol. The fourth-order valence-corrected chi connectivity index (χ4v) is 2.62. The minimum absolute atomic E-state index is 0.147. The maximum Gasteiger partial charge on any atom is 0.338 e.